The Hall–Kier alpha value is -3.08. The lowest BCUT2D eigenvalue weighted by molar-refractivity contribution is -0.274. The lowest BCUT2D eigenvalue weighted by Gasteiger charge is -2.26. The number of amides is 1. The number of esters is 1. The normalized spacial score (nSPS) is 22.1. The van der Waals surface area contributed by atoms with Crippen molar-refractivity contribution in [1.82, 2.24) is 19.4 Å². The highest BCUT2D eigenvalue weighted by Gasteiger charge is 2.56. The Kier molecular flexibility index (Phi) is 7.58. The molecule has 0 N–H and O–H groups in total. The summed E-state index contributed by atoms with van der Waals surface area (Å²) in [6, 6.07) is 5.69. The van der Waals surface area contributed by atoms with Crippen LogP contribution in [0.25, 0.3) is 0 Å². The number of rotatable bonds is 10. The van der Waals surface area contributed by atoms with E-state index in [-0.39, 0.29) is 35.8 Å². The number of imidazole rings is 1. The van der Waals surface area contributed by atoms with Crippen molar-refractivity contribution in [2.45, 2.75) is 26.8 Å². The number of hydrogen-bond donors (Lipinski definition) is 0. The van der Waals surface area contributed by atoms with E-state index in [4.69, 9.17) is 4.74 Å². The molecular weight excluding hydrogens is 477 g/mol. The summed E-state index contributed by atoms with van der Waals surface area (Å²) in [4.78, 5) is 33.3. The van der Waals surface area contributed by atoms with Crippen LogP contribution >= 0.6 is 0 Å². The molecule has 1 saturated heterocycles. The number of benzene rings is 1. The molecule has 3 atom stereocenters. The van der Waals surface area contributed by atoms with Crippen molar-refractivity contribution >= 4 is 11.9 Å². The van der Waals surface area contributed by atoms with Crippen LogP contribution in [-0.4, -0.2) is 70.4 Å². The van der Waals surface area contributed by atoms with Gasteiger partial charge in [-0.25, -0.2) is 4.98 Å². The van der Waals surface area contributed by atoms with Crippen LogP contribution in [0.1, 0.15) is 29.9 Å². The van der Waals surface area contributed by atoms with Crippen LogP contribution in [0.2, 0.25) is 0 Å². The van der Waals surface area contributed by atoms with Gasteiger partial charge in [0, 0.05) is 46.0 Å². The molecule has 0 radical (unpaired) electrons. The van der Waals surface area contributed by atoms with E-state index in [1.807, 2.05) is 6.92 Å². The minimum Gasteiger partial charge on any atom is -0.466 e. The second-order valence-electron chi connectivity index (χ2n) is 9.67. The number of carbonyl (C=O) groups is 2. The second-order valence-corrected chi connectivity index (χ2v) is 9.67. The maximum absolute atomic E-state index is 13.3. The number of fused-ring (bicyclic) bond motifs is 1. The van der Waals surface area contributed by atoms with Gasteiger partial charge in [-0.3, -0.25) is 9.59 Å². The summed E-state index contributed by atoms with van der Waals surface area (Å²) < 4.78 is 48.8. The Morgan fingerprint density at radius 3 is 2.58 bits per heavy atom. The van der Waals surface area contributed by atoms with Crippen LogP contribution in [0.3, 0.4) is 0 Å². The first kappa shape index (κ1) is 26.0. The Balaban J connectivity index is 1.41. The zero-order chi connectivity index (χ0) is 26.0. The van der Waals surface area contributed by atoms with Crippen molar-refractivity contribution in [3.05, 3.63) is 48.0 Å². The topological polar surface area (TPSA) is 76.9 Å². The van der Waals surface area contributed by atoms with Gasteiger partial charge in [0.15, 0.2) is 0 Å². The summed E-state index contributed by atoms with van der Waals surface area (Å²) in [5.74, 6) is 0.140. The maximum Gasteiger partial charge on any atom is 0.573 e. The van der Waals surface area contributed by atoms with Gasteiger partial charge in [-0.15, -0.1) is 13.2 Å². The fourth-order valence-electron chi connectivity index (χ4n) is 5.12. The average Bonchev–Trinajstić information content (AvgIpc) is 3.13. The summed E-state index contributed by atoms with van der Waals surface area (Å²) in [5.41, 5.74) is 0.827. The van der Waals surface area contributed by atoms with Crippen molar-refractivity contribution in [1.29, 1.82) is 0 Å². The summed E-state index contributed by atoms with van der Waals surface area (Å²) in [6.07, 6.45) is -1.62. The standard InChI is InChI=1S/C25H31F3N4O4/c1-4-35-24(34)16(2)9-31-11-19-20(12-31)21(19)13-32(23(33)22-14-30(3)15-29-22)10-17-6-5-7-18(8-17)36-25(26,27)28/h5-8,14-16,19-21H,4,9-13H2,1-3H3. The third-order valence-electron chi connectivity index (χ3n) is 6.82. The molecule has 1 aromatic heterocycles. The molecule has 2 heterocycles. The number of likely N-dealkylation sites (tertiary alicyclic amines) is 1. The first-order valence-electron chi connectivity index (χ1n) is 12.0. The number of ether oxygens (including phenoxy) is 2. The van der Waals surface area contributed by atoms with Gasteiger partial charge in [-0.05, 0) is 42.4 Å². The van der Waals surface area contributed by atoms with E-state index < -0.39 is 6.36 Å². The quantitative estimate of drug-likeness (QED) is 0.459. The summed E-state index contributed by atoms with van der Waals surface area (Å²) in [6.45, 7) is 6.98. The number of aromatic nitrogens is 2. The minimum atomic E-state index is -4.79. The van der Waals surface area contributed by atoms with Crippen LogP contribution in [0.15, 0.2) is 36.8 Å². The minimum absolute atomic E-state index is 0.143. The summed E-state index contributed by atoms with van der Waals surface area (Å²) in [5, 5.41) is 0. The van der Waals surface area contributed by atoms with E-state index in [0.717, 1.165) is 13.1 Å². The molecule has 0 bridgehead atoms. The van der Waals surface area contributed by atoms with Crippen molar-refractivity contribution in [2.75, 3.05) is 32.8 Å². The van der Waals surface area contributed by atoms with E-state index >= 15 is 0 Å². The summed E-state index contributed by atoms with van der Waals surface area (Å²) in [7, 11) is 1.77. The van der Waals surface area contributed by atoms with E-state index in [9.17, 15) is 22.8 Å². The molecule has 1 aliphatic heterocycles. The van der Waals surface area contributed by atoms with E-state index in [0.29, 0.717) is 43.0 Å². The largest absolute Gasteiger partial charge is 0.573 e. The maximum atomic E-state index is 13.3. The van der Waals surface area contributed by atoms with Gasteiger partial charge in [0.25, 0.3) is 5.91 Å². The fraction of sp³-hybridized carbons (Fsp3) is 0.560. The molecule has 36 heavy (non-hydrogen) atoms. The molecule has 2 aliphatic rings. The molecule has 0 spiro atoms. The lowest BCUT2D eigenvalue weighted by atomic mass is 10.1. The van der Waals surface area contributed by atoms with Gasteiger partial charge in [-0.2, -0.15) is 0 Å². The van der Waals surface area contributed by atoms with Crippen molar-refractivity contribution in [2.24, 2.45) is 30.7 Å². The smallest absolute Gasteiger partial charge is 0.466 e. The zero-order valence-electron chi connectivity index (χ0n) is 20.6. The van der Waals surface area contributed by atoms with Gasteiger partial charge in [0.2, 0.25) is 0 Å². The Morgan fingerprint density at radius 1 is 1.25 bits per heavy atom. The van der Waals surface area contributed by atoms with Crippen LogP contribution in [0, 0.1) is 23.7 Å². The van der Waals surface area contributed by atoms with E-state index in [1.165, 1.54) is 24.5 Å². The molecular formula is C25H31F3N4O4. The van der Waals surface area contributed by atoms with E-state index in [2.05, 4.69) is 14.6 Å². The Labute approximate surface area is 208 Å². The molecule has 3 unspecified atom stereocenters. The third kappa shape index (κ3) is 6.37. The number of hydrogen-bond acceptors (Lipinski definition) is 6. The van der Waals surface area contributed by atoms with Crippen molar-refractivity contribution in [3.63, 3.8) is 0 Å². The Morgan fingerprint density at radius 2 is 1.97 bits per heavy atom. The average molecular weight is 509 g/mol. The fourth-order valence-corrected chi connectivity index (χ4v) is 5.12. The number of aryl methyl sites for hydroxylation is 1. The van der Waals surface area contributed by atoms with Crippen LogP contribution in [-0.2, 0) is 23.1 Å². The molecule has 1 amide bonds. The number of nitrogens with zero attached hydrogens (tertiary/aromatic N) is 4. The lowest BCUT2D eigenvalue weighted by Crippen LogP contribution is -2.37. The van der Waals surface area contributed by atoms with Crippen molar-refractivity contribution < 1.29 is 32.2 Å². The third-order valence-corrected chi connectivity index (χ3v) is 6.82. The molecule has 4 rings (SSSR count). The number of halogens is 3. The molecule has 1 aromatic carbocycles. The first-order chi connectivity index (χ1) is 17.0. The monoisotopic (exact) mass is 508 g/mol. The highest BCUT2D eigenvalue weighted by molar-refractivity contribution is 5.92. The highest BCUT2D eigenvalue weighted by Crippen LogP contribution is 2.52. The molecule has 2 fully saturated rings. The highest BCUT2D eigenvalue weighted by atomic mass is 19.4. The van der Waals surface area contributed by atoms with Gasteiger partial charge >= 0.3 is 12.3 Å². The van der Waals surface area contributed by atoms with Gasteiger partial charge in [-0.1, -0.05) is 19.1 Å². The number of carbonyl (C=O) groups excluding carboxylic acids is 2. The van der Waals surface area contributed by atoms with Crippen LogP contribution < -0.4 is 4.74 Å². The van der Waals surface area contributed by atoms with Gasteiger partial charge in [0.1, 0.15) is 11.4 Å². The zero-order valence-corrected chi connectivity index (χ0v) is 20.6. The van der Waals surface area contributed by atoms with Gasteiger partial charge < -0.3 is 23.8 Å². The summed E-state index contributed by atoms with van der Waals surface area (Å²) >= 11 is 0. The van der Waals surface area contributed by atoms with Crippen LogP contribution in [0.4, 0.5) is 13.2 Å². The predicted molar refractivity (Wildman–Crippen MR) is 124 cm³/mol. The number of piperidine rings is 1. The second kappa shape index (κ2) is 10.5. The van der Waals surface area contributed by atoms with Gasteiger partial charge in [0.05, 0.1) is 18.9 Å². The molecule has 11 heteroatoms. The molecule has 1 aliphatic carbocycles. The number of alkyl halides is 3. The molecule has 8 nitrogen and oxygen atoms in total. The first-order valence-corrected chi connectivity index (χ1v) is 12.0. The van der Waals surface area contributed by atoms with Crippen LogP contribution in [0.5, 0.6) is 5.75 Å². The molecule has 196 valence electrons. The Bertz CT molecular complexity index is 1080. The SMILES string of the molecule is CCOC(=O)C(C)CN1CC2C(C1)C2CN(Cc1cccc(OC(F)(F)F)c1)C(=O)c1cn(C)cn1. The van der Waals surface area contributed by atoms with Crippen molar-refractivity contribution in [3.8, 4) is 5.75 Å². The predicted octanol–water partition coefficient (Wildman–Crippen LogP) is 3.34. The van der Waals surface area contributed by atoms with E-state index in [1.54, 1.807) is 35.7 Å². The molecule has 1 saturated carbocycles. The molecule has 2 aromatic rings.